The molecular formula is C65H58N2S. The van der Waals surface area contributed by atoms with Crippen LogP contribution in [0.2, 0.25) is 0 Å². The van der Waals surface area contributed by atoms with Gasteiger partial charge < -0.3 is 9.80 Å². The lowest BCUT2D eigenvalue weighted by molar-refractivity contribution is 0.443. The Morgan fingerprint density at radius 1 is 0.397 bits per heavy atom. The fraction of sp³-hybridized carbons (Fsp3) is 0.231. The van der Waals surface area contributed by atoms with Crippen molar-refractivity contribution in [3.8, 4) is 11.1 Å². The molecule has 0 saturated heterocycles. The van der Waals surface area contributed by atoms with Crippen LogP contribution < -0.4 is 9.80 Å². The Labute approximate surface area is 405 Å². The molecule has 0 aliphatic heterocycles. The van der Waals surface area contributed by atoms with Gasteiger partial charge in [0, 0.05) is 59.7 Å². The van der Waals surface area contributed by atoms with Crippen LogP contribution in [-0.2, 0) is 5.41 Å². The smallest absolute Gasteiger partial charge is 0.0468 e. The van der Waals surface area contributed by atoms with Crippen molar-refractivity contribution in [1.29, 1.82) is 0 Å². The van der Waals surface area contributed by atoms with E-state index in [4.69, 9.17) is 0 Å². The molecule has 2 saturated carbocycles. The van der Waals surface area contributed by atoms with E-state index in [2.05, 4.69) is 206 Å². The number of anilines is 6. The molecule has 68 heavy (non-hydrogen) atoms. The normalized spacial score (nSPS) is 16.1. The summed E-state index contributed by atoms with van der Waals surface area (Å²) in [5.41, 5.74) is 15.5. The predicted molar refractivity (Wildman–Crippen MR) is 293 cm³/mol. The molecule has 0 bridgehead atoms. The maximum absolute atomic E-state index is 2.50. The lowest BCUT2D eigenvalue weighted by atomic mass is 9.81. The Kier molecular flexibility index (Phi) is 10.3. The van der Waals surface area contributed by atoms with E-state index >= 15 is 0 Å². The second-order valence-electron chi connectivity index (χ2n) is 20.6. The number of nitrogens with zero attached hydrogens (tertiary/aromatic N) is 2. The summed E-state index contributed by atoms with van der Waals surface area (Å²) in [5, 5.41) is 7.81. The lowest BCUT2D eigenvalue weighted by Gasteiger charge is -2.27. The van der Waals surface area contributed by atoms with Crippen molar-refractivity contribution >= 4 is 87.2 Å². The Morgan fingerprint density at radius 3 is 1.43 bits per heavy atom. The van der Waals surface area contributed by atoms with Crippen LogP contribution in [0.1, 0.15) is 112 Å². The van der Waals surface area contributed by atoms with Gasteiger partial charge in [0.2, 0.25) is 0 Å². The standard InChI is InChI=1S/C65H58N2S/c1-65(2)61-41-49-37-55(66(51-19-11-5-12-20-51)53-29-23-45(24-30-53)43-15-7-3-8-16-43)33-27-47(49)39-59(61)57-35-36-58-60-40-48-28-34-56(38-50(48)42-62(60)68-64(58)63(57)65)67(52-21-13-6-14-22-52)54-31-25-46(26-32-54)44-17-9-4-10-18-44/h5-6,11-14,19-44H,3-4,7-10,15-18H2,1-2H3. The number of para-hydroxylation sites is 2. The summed E-state index contributed by atoms with van der Waals surface area (Å²) in [6.07, 6.45) is 13.4. The first-order valence-corrected chi connectivity index (χ1v) is 26.2. The zero-order valence-electron chi connectivity index (χ0n) is 39.3. The van der Waals surface area contributed by atoms with Gasteiger partial charge in [-0.05, 0) is 190 Å². The summed E-state index contributed by atoms with van der Waals surface area (Å²) in [5.74, 6) is 1.38. The lowest BCUT2D eigenvalue weighted by Crippen LogP contribution is -2.15. The highest BCUT2D eigenvalue weighted by atomic mass is 32.1. The number of thiophene rings is 1. The maximum Gasteiger partial charge on any atom is 0.0468 e. The summed E-state index contributed by atoms with van der Waals surface area (Å²) in [6.45, 7) is 4.90. The van der Waals surface area contributed by atoms with Crippen LogP contribution in [-0.4, -0.2) is 0 Å². The molecule has 0 spiro atoms. The Morgan fingerprint density at radius 2 is 0.882 bits per heavy atom. The van der Waals surface area contributed by atoms with Crippen LogP contribution in [0.4, 0.5) is 34.1 Å². The van der Waals surface area contributed by atoms with E-state index < -0.39 is 0 Å². The van der Waals surface area contributed by atoms with Gasteiger partial charge in [0.15, 0.2) is 0 Å². The third-order valence-electron chi connectivity index (χ3n) is 16.1. The van der Waals surface area contributed by atoms with Gasteiger partial charge in [-0.2, -0.15) is 0 Å². The minimum Gasteiger partial charge on any atom is -0.310 e. The van der Waals surface area contributed by atoms with Crippen LogP contribution in [0.15, 0.2) is 182 Å². The maximum atomic E-state index is 2.50. The zero-order valence-corrected chi connectivity index (χ0v) is 40.2. The molecule has 0 unspecified atom stereocenters. The Balaban J connectivity index is 0.864. The minimum atomic E-state index is -0.168. The number of fused-ring (bicyclic) bond motifs is 9. The Hall–Kier alpha value is -6.68. The summed E-state index contributed by atoms with van der Waals surface area (Å²) in [4.78, 5) is 4.85. The van der Waals surface area contributed by atoms with Crippen LogP contribution in [0, 0.1) is 0 Å². The first-order chi connectivity index (χ1) is 33.4. The van der Waals surface area contributed by atoms with Gasteiger partial charge in [-0.3, -0.25) is 0 Å². The van der Waals surface area contributed by atoms with Crippen LogP contribution in [0.5, 0.6) is 0 Å². The quantitative estimate of drug-likeness (QED) is 0.150. The Bertz CT molecular complexity index is 3480. The third-order valence-corrected chi connectivity index (χ3v) is 17.3. The van der Waals surface area contributed by atoms with Crippen molar-refractivity contribution in [2.24, 2.45) is 0 Å². The topological polar surface area (TPSA) is 6.48 Å². The molecule has 0 radical (unpaired) electrons. The molecular weight excluding hydrogens is 841 g/mol. The molecule has 10 aromatic rings. The van der Waals surface area contributed by atoms with Crippen molar-refractivity contribution in [3.05, 3.63) is 204 Å². The van der Waals surface area contributed by atoms with Gasteiger partial charge in [0.05, 0.1) is 0 Å². The largest absolute Gasteiger partial charge is 0.310 e. The van der Waals surface area contributed by atoms with E-state index in [1.807, 2.05) is 11.3 Å². The minimum absolute atomic E-state index is 0.168. The van der Waals surface area contributed by atoms with Gasteiger partial charge in [-0.1, -0.05) is 137 Å². The third kappa shape index (κ3) is 7.12. The highest BCUT2D eigenvalue weighted by Gasteiger charge is 2.38. The van der Waals surface area contributed by atoms with Gasteiger partial charge >= 0.3 is 0 Å². The average molecular weight is 899 g/mol. The first-order valence-electron chi connectivity index (χ1n) is 25.4. The van der Waals surface area contributed by atoms with Crippen molar-refractivity contribution in [2.45, 2.75) is 95.3 Å². The molecule has 1 heterocycles. The molecule has 3 aliphatic rings. The molecule has 334 valence electrons. The van der Waals surface area contributed by atoms with Crippen molar-refractivity contribution in [1.82, 2.24) is 0 Å². The molecule has 9 aromatic carbocycles. The van der Waals surface area contributed by atoms with Gasteiger partial charge in [-0.15, -0.1) is 11.3 Å². The SMILES string of the molecule is CC1(C)c2cc3cc(N(c4ccccc4)c4ccc(C5CCCCC5)cc4)ccc3cc2-c2ccc3c(sc4cc5cc(N(c6ccccc6)c6ccc(C7CCCCC7)cc6)ccc5cc43)c21. The highest BCUT2D eigenvalue weighted by Crippen LogP contribution is 2.55. The molecule has 0 atom stereocenters. The molecule has 0 amide bonds. The van der Waals surface area contributed by atoms with Crippen molar-refractivity contribution in [3.63, 3.8) is 0 Å². The van der Waals surface area contributed by atoms with Crippen LogP contribution in [0.25, 0.3) is 52.8 Å². The molecule has 2 nitrogen and oxygen atoms in total. The van der Waals surface area contributed by atoms with E-state index in [0.717, 1.165) is 0 Å². The van der Waals surface area contributed by atoms with Gasteiger partial charge in [0.1, 0.15) is 0 Å². The number of benzene rings is 9. The summed E-state index contributed by atoms with van der Waals surface area (Å²) >= 11 is 1.97. The molecule has 3 aliphatic carbocycles. The van der Waals surface area contributed by atoms with E-state index in [1.165, 1.54) is 173 Å². The fourth-order valence-electron chi connectivity index (χ4n) is 12.6. The van der Waals surface area contributed by atoms with Crippen molar-refractivity contribution < 1.29 is 0 Å². The van der Waals surface area contributed by atoms with Crippen molar-refractivity contribution in [2.75, 3.05) is 9.80 Å². The number of rotatable bonds is 8. The van der Waals surface area contributed by atoms with Gasteiger partial charge in [0.25, 0.3) is 0 Å². The first kappa shape index (κ1) is 41.5. The summed E-state index contributed by atoms with van der Waals surface area (Å²) < 4.78 is 2.75. The predicted octanol–water partition coefficient (Wildman–Crippen LogP) is 19.7. The molecule has 0 N–H and O–H groups in total. The number of hydrogen-bond donors (Lipinski definition) is 0. The summed E-state index contributed by atoms with van der Waals surface area (Å²) in [6, 6.07) is 69.5. The number of hydrogen-bond acceptors (Lipinski definition) is 3. The molecule has 2 fully saturated rings. The second kappa shape index (κ2) is 16.8. The molecule has 3 heteroatoms. The average Bonchev–Trinajstić information content (AvgIpc) is 3.86. The highest BCUT2D eigenvalue weighted by molar-refractivity contribution is 7.26. The molecule has 13 rings (SSSR count). The van der Waals surface area contributed by atoms with E-state index in [9.17, 15) is 0 Å². The van der Waals surface area contributed by atoms with E-state index in [-0.39, 0.29) is 5.41 Å². The molecule has 1 aromatic heterocycles. The zero-order chi connectivity index (χ0) is 45.3. The monoisotopic (exact) mass is 898 g/mol. The van der Waals surface area contributed by atoms with E-state index in [1.54, 1.807) is 0 Å². The van der Waals surface area contributed by atoms with Gasteiger partial charge in [-0.25, -0.2) is 0 Å². The second-order valence-corrected chi connectivity index (χ2v) is 21.6. The van der Waals surface area contributed by atoms with Crippen LogP contribution >= 0.6 is 11.3 Å². The van der Waals surface area contributed by atoms with Crippen LogP contribution in [0.3, 0.4) is 0 Å². The summed E-state index contributed by atoms with van der Waals surface area (Å²) in [7, 11) is 0. The van der Waals surface area contributed by atoms with E-state index in [0.29, 0.717) is 11.8 Å². The fourth-order valence-corrected chi connectivity index (χ4v) is 14.0.